The molecule has 5 nitrogen and oxygen atoms in total. The molecule has 1 aliphatic rings. The topological polar surface area (TPSA) is 52.7 Å². The number of hydrogen-bond donors (Lipinski definition) is 1. The molecule has 1 heterocycles. The average Bonchev–Trinajstić information content (AvgIpc) is 2.80. The van der Waals surface area contributed by atoms with E-state index in [1.54, 1.807) is 0 Å². The third-order valence-electron chi connectivity index (χ3n) is 5.48. The van der Waals surface area contributed by atoms with Crippen molar-refractivity contribution in [3.63, 3.8) is 0 Å². The van der Waals surface area contributed by atoms with E-state index in [0.29, 0.717) is 13.1 Å². The highest BCUT2D eigenvalue weighted by molar-refractivity contribution is 6.15. The van der Waals surface area contributed by atoms with Gasteiger partial charge in [-0.2, -0.15) is 0 Å². The van der Waals surface area contributed by atoms with E-state index in [1.807, 2.05) is 19.0 Å². The van der Waals surface area contributed by atoms with Gasteiger partial charge in [0.2, 0.25) is 5.91 Å². The molecule has 0 atom stereocenters. The highest BCUT2D eigenvalue weighted by Crippen LogP contribution is 2.24. The van der Waals surface area contributed by atoms with Gasteiger partial charge in [0.05, 0.1) is 0 Å². The summed E-state index contributed by atoms with van der Waals surface area (Å²) in [4.78, 5) is 29.5. The molecular weight excluding hydrogens is 462 g/mol. The molecule has 0 saturated carbocycles. The van der Waals surface area contributed by atoms with Crippen LogP contribution < -0.4 is 5.32 Å². The second kappa shape index (κ2) is 11.9. The molecule has 0 aromatic heterocycles. The van der Waals surface area contributed by atoms with E-state index < -0.39 is 29.1 Å². The van der Waals surface area contributed by atoms with Crippen molar-refractivity contribution in [2.24, 2.45) is 0 Å². The van der Waals surface area contributed by atoms with Gasteiger partial charge in [-0.05, 0) is 61.6 Å². The predicted octanol–water partition coefficient (Wildman–Crippen LogP) is 3.66. The Balaban J connectivity index is 1.85. The zero-order valence-electron chi connectivity index (χ0n) is 19.6. The summed E-state index contributed by atoms with van der Waals surface area (Å²) in [6.07, 6.45) is 3.00. The number of benzene rings is 2. The summed E-state index contributed by atoms with van der Waals surface area (Å²) in [5.41, 5.74) is 0.924. The number of nitrogens with one attached hydrogen (secondary N) is 1. The fraction of sp³-hybridized carbons (Fsp3) is 0.308. The number of piperidine rings is 1. The number of hydrogen-bond acceptors (Lipinski definition) is 4. The maximum atomic E-state index is 13.7. The molecule has 2 aromatic rings. The molecule has 0 unspecified atom stereocenters. The van der Waals surface area contributed by atoms with Crippen LogP contribution in [0.3, 0.4) is 0 Å². The van der Waals surface area contributed by atoms with Gasteiger partial charge in [-0.15, -0.1) is 0 Å². The molecule has 2 aromatic carbocycles. The largest absolute Gasteiger partial charge is 0.334 e. The van der Waals surface area contributed by atoms with Gasteiger partial charge in [-0.1, -0.05) is 12.1 Å². The van der Waals surface area contributed by atoms with Crippen LogP contribution >= 0.6 is 0 Å². The molecule has 1 aliphatic heterocycles. The first-order valence-corrected chi connectivity index (χ1v) is 11.1. The van der Waals surface area contributed by atoms with E-state index in [-0.39, 0.29) is 47.7 Å². The van der Waals surface area contributed by atoms with Crippen molar-refractivity contribution in [1.29, 1.82) is 0 Å². The molecule has 3 rings (SSSR count). The van der Waals surface area contributed by atoms with Crippen molar-refractivity contribution in [2.75, 3.05) is 46.8 Å². The van der Waals surface area contributed by atoms with Crippen LogP contribution in [0.15, 0.2) is 47.5 Å². The van der Waals surface area contributed by atoms with Crippen LogP contribution in [-0.4, -0.2) is 68.3 Å². The van der Waals surface area contributed by atoms with Gasteiger partial charge in [-0.25, -0.2) is 17.6 Å². The van der Waals surface area contributed by atoms with Gasteiger partial charge < -0.3 is 15.1 Å². The van der Waals surface area contributed by atoms with E-state index in [9.17, 15) is 27.2 Å². The summed E-state index contributed by atoms with van der Waals surface area (Å²) in [7, 11) is 3.89. The first kappa shape index (κ1) is 26.3. The van der Waals surface area contributed by atoms with Gasteiger partial charge in [-0.3, -0.25) is 9.59 Å². The van der Waals surface area contributed by atoms with Crippen molar-refractivity contribution >= 4 is 23.8 Å². The van der Waals surface area contributed by atoms with Crippen LogP contribution in [0.4, 0.5) is 17.6 Å². The highest BCUT2D eigenvalue weighted by atomic mass is 19.2. The lowest BCUT2D eigenvalue weighted by atomic mass is 9.94. The predicted molar refractivity (Wildman–Crippen MR) is 126 cm³/mol. The lowest BCUT2D eigenvalue weighted by molar-refractivity contribution is -0.131. The van der Waals surface area contributed by atoms with Crippen LogP contribution in [-0.2, 0) is 9.59 Å². The minimum absolute atomic E-state index is 0.0104. The SMILES string of the molecule is CN(C)CCNCCC(=O)N1C/C(=C\c2ccc(F)c(F)c2)C(=O)/C(=C/c2ccc(F)c(F)c2)C1. The third kappa shape index (κ3) is 7.34. The van der Waals surface area contributed by atoms with E-state index in [2.05, 4.69) is 5.32 Å². The first-order chi connectivity index (χ1) is 16.6. The number of ketones is 1. The van der Waals surface area contributed by atoms with Crippen molar-refractivity contribution < 1.29 is 27.2 Å². The van der Waals surface area contributed by atoms with Crippen molar-refractivity contribution in [3.05, 3.63) is 81.9 Å². The minimum Gasteiger partial charge on any atom is -0.334 e. The Bertz CT molecular complexity index is 1090. The first-order valence-electron chi connectivity index (χ1n) is 11.1. The van der Waals surface area contributed by atoms with Crippen LogP contribution in [0.5, 0.6) is 0 Å². The van der Waals surface area contributed by atoms with E-state index >= 15 is 0 Å². The Labute approximate surface area is 201 Å². The molecule has 1 amide bonds. The Morgan fingerprint density at radius 3 is 1.86 bits per heavy atom. The number of halogens is 4. The smallest absolute Gasteiger partial charge is 0.224 e. The number of Topliss-reactive ketones (excluding diaryl/α,β-unsaturated/α-hetero) is 1. The van der Waals surface area contributed by atoms with Crippen molar-refractivity contribution in [1.82, 2.24) is 15.1 Å². The maximum Gasteiger partial charge on any atom is 0.224 e. The van der Waals surface area contributed by atoms with Crippen molar-refractivity contribution in [2.45, 2.75) is 6.42 Å². The Kier molecular flexibility index (Phi) is 8.95. The summed E-state index contributed by atoms with van der Waals surface area (Å²) in [5.74, 6) is -4.76. The molecule has 186 valence electrons. The zero-order chi connectivity index (χ0) is 25.5. The minimum atomic E-state index is -1.06. The fourth-order valence-electron chi connectivity index (χ4n) is 3.60. The van der Waals surface area contributed by atoms with E-state index in [1.165, 1.54) is 29.2 Å². The molecule has 9 heteroatoms. The Morgan fingerprint density at radius 1 is 0.886 bits per heavy atom. The number of likely N-dealkylation sites (tertiary alicyclic amines) is 1. The summed E-state index contributed by atoms with van der Waals surface area (Å²) >= 11 is 0. The molecular formula is C26H27F4N3O2. The molecule has 0 aliphatic carbocycles. The molecule has 1 fully saturated rings. The Hall–Kier alpha value is -3.30. The lowest BCUT2D eigenvalue weighted by Crippen LogP contribution is -2.42. The Morgan fingerprint density at radius 2 is 1.40 bits per heavy atom. The second-order valence-corrected chi connectivity index (χ2v) is 8.57. The van der Waals surface area contributed by atoms with E-state index in [0.717, 1.165) is 30.8 Å². The number of likely N-dealkylation sites (N-methyl/N-ethyl adjacent to an activating group) is 1. The summed E-state index contributed by atoms with van der Waals surface area (Å²) in [6, 6.07) is 6.48. The summed E-state index contributed by atoms with van der Waals surface area (Å²) in [5, 5.41) is 3.18. The van der Waals surface area contributed by atoms with Crippen LogP contribution in [0.1, 0.15) is 17.5 Å². The van der Waals surface area contributed by atoms with Crippen LogP contribution in [0.25, 0.3) is 12.2 Å². The zero-order valence-corrected chi connectivity index (χ0v) is 19.6. The standard InChI is InChI=1S/C26H27F4N3O2/c1-32(2)10-9-31-8-7-25(34)33-15-19(11-17-3-5-21(27)23(29)13-17)26(35)20(16-33)12-18-4-6-22(28)24(30)14-18/h3-6,11-14,31H,7-10,15-16H2,1-2H3/b19-11+,20-12+. The number of rotatable bonds is 8. The third-order valence-corrected chi connectivity index (χ3v) is 5.48. The summed E-state index contributed by atoms with van der Waals surface area (Å²) < 4.78 is 54.0. The quantitative estimate of drug-likeness (QED) is 0.349. The molecule has 0 spiro atoms. The normalized spacial score (nSPS) is 16.5. The van der Waals surface area contributed by atoms with Gasteiger partial charge in [0.25, 0.3) is 0 Å². The molecule has 1 N–H and O–H groups in total. The van der Waals surface area contributed by atoms with Gasteiger partial charge >= 0.3 is 0 Å². The molecule has 1 saturated heterocycles. The number of carbonyl (C=O) groups is 2. The highest BCUT2D eigenvalue weighted by Gasteiger charge is 2.29. The average molecular weight is 490 g/mol. The van der Waals surface area contributed by atoms with Crippen molar-refractivity contribution in [3.8, 4) is 0 Å². The van der Waals surface area contributed by atoms with Gasteiger partial charge in [0.1, 0.15) is 0 Å². The fourth-order valence-corrected chi connectivity index (χ4v) is 3.60. The molecule has 0 radical (unpaired) electrons. The maximum absolute atomic E-state index is 13.7. The van der Waals surface area contributed by atoms with E-state index in [4.69, 9.17) is 0 Å². The number of amides is 1. The monoisotopic (exact) mass is 489 g/mol. The molecule has 35 heavy (non-hydrogen) atoms. The lowest BCUT2D eigenvalue weighted by Gasteiger charge is -2.30. The summed E-state index contributed by atoms with van der Waals surface area (Å²) in [6.45, 7) is 1.95. The van der Waals surface area contributed by atoms with Gasteiger partial charge in [0, 0.05) is 50.3 Å². The van der Waals surface area contributed by atoms with Gasteiger partial charge in [0.15, 0.2) is 29.1 Å². The van der Waals surface area contributed by atoms with Crippen LogP contribution in [0, 0.1) is 23.3 Å². The molecule has 0 bridgehead atoms. The second-order valence-electron chi connectivity index (χ2n) is 8.57. The number of nitrogens with zero attached hydrogens (tertiary/aromatic N) is 2. The van der Waals surface area contributed by atoms with Crippen LogP contribution in [0.2, 0.25) is 0 Å². The number of carbonyl (C=O) groups excluding carboxylic acids is 2.